The monoisotopic (exact) mass is 510 g/mol. The molecule has 3 heteroatoms. The molecule has 3 nitrogen and oxygen atoms in total. The van der Waals surface area contributed by atoms with Crippen LogP contribution in [-0.2, 0) is 9.53 Å². The second-order valence-electron chi connectivity index (χ2n) is 11.2. The van der Waals surface area contributed by atoms with Crippen LogP contribution in [0.2, 0.25) is 0 Å². The van der Waals surface area contributed by atoms with E-state index < -0.39 is 0 Å². The summed E-state index contributed by atoms with van der Waals surface area (Å²) in [6, 6.07) is 0. The Morgan fingerprint density at radius 3 is 1.17 bits per heavy atom. The summed E-state index contributed by atoms with van der Waals surface area (Å²) in [6.07, 6.45) is 36.1. The Kier molecular flexibility index (Phi) is 31.9. The average Bonchev–Trinajstić information content (AvgIpc) is 2.88. The van der Waals surface area contributed by atoms with E-state index in [-0.39, 0.29) is 5.97 Å². The predicted octanol–water partition coefficient (Wildman–Crippen LogP) is 10.7. The van der Waals surface area contributed by atoms with E-state index in [1.165, 1.54) is 161 Å². The van der Waals surface area contributed by atoms with Crippen molar-refractivity contribution in [1.82, 2.24) is 5.32 Å². The highest BCUT2D eigenvalue weighted by Gasteiger charge is 2.02. The molecule has 0 saturated heterocycles. The zero-order valence-electron chi connectivity index (χ0n) is 25.0. The molecule has 0 aliphatic rings. The van der Waals surface area contributed by atoms with Crippen molar-refractivity contribution >= 4 is 5.97 Å². The lowest BCUT2D eigenvalue weighted by atomic mass is 10.0. The average molecular weight is 510 g/mol. The second-order valence-corrected chi connectivity index (χ2v) is 11.2. The van der Waals surface area contributed by atoms with E-state index >= 15 is 0 Å². The fourth-order valence-corrected chi connectivity index (χ4v) is 4.96. The molecule has 0 saturated carbocycles. The number of nitrogens with one attached hydrogen (secondary N) is 1. The Morgan fingerprint density at radius 2 is 0.778 bits per heavy atom. The number of ether oxygens (including phenoxy) is 1. The third kappa shape index (κ3) is 31.5. The fraction of sp³-hybridized carbons (Fsp3) is 0.970. The summed E-state index contributed by atoms with van der Waals surface area (Å²) in [5.74, 6) is -0.0367. The standard InChI is InChI=1S/C33H67NO2/c1-3-5-7-9-11-13-15-16-17-18-19-20-21-23-25-27-30-34-31-29-33(35)36-32-28-26-24-22-14-12-10-8-6-4-2/h34H,3-32H2,1-2H3. The summed E-state index contributed by atoms with van der Waals surface area (Å²) in [7, 11) is 0. The molecule has 0 aliphatic carbocycles. The minimum absolute atomic E-state index is 0.0367. The molecule has 1 N–H and O–H groups in total. The maximum Gasteiger partial charge on any atom is 0.307 e. The van der Waals surface area contributed by atoms with Gasteiger partial charge in [-0.15, -0.1) is 0 Å². The molecule has 0 spiro atoms. The lowest BCUT2D eigenvalue weighted by Crippen LogP contribution is -2.20. The van der Waals surface area contributed by atoms with Gasteiger partial charge in [-0.1, -0.05) is 168 Å². The number of carbonyl (C=O) groups excluding carboxylic acids is 1. The SMILES string of the molecule is CCCCCCCCCCCCCCCCCCNCCC(=O)OCCCCCCCCCCCC. The maximum absolute atomic E-state index is 11.8. The number of rotatable bonds is 31. The van der Waals surface area contributed by atoms with Crippen LogP contribution in [0.3, 0.4) is 0 Å². The highest BCUT2D eigenvalue weighted by molar-refractivity contribution is 5.69. The van der Waals surface area contributed by atoms with Gasteiger partial charge in [-0.05, 0) is 19.4 Å². The highest BCUT2D eigenvalue weighted by atomic mass is 16.5. The summed E-state index contributed by atoms with van der Waals surface area (Å²) < 4.78 is 5.37. The molecule has 0 fully saturated rings. The molecular weight excluding hydrogens is 442 g/mol. The van der Waals surface area contributed by atoms with Crippen molar-refractivity contribution in [2.45, 2.75) is 187 Å². The summed E-state index contributed by atoms with van der Waals surface area (Å²) in [4.78, 5) is 11.8. The van der Waals surface area contributed by atoms with Crippen LogP contribution in [0, 0.1) is 0 Å². The highest BCUT2D eigenvalue weighted by Crippen LogP contribution is 2.14. The normalized spacial score (nSPS) is 11.3. The molecule has 0 unspecified atom stereocenters. The molecule has 0 aliphatic heterocycles. The number of esters is 1. The molecule has 216 valence electrons. The molecule has 0 amide bonds. The van der Waals surface area contributed by atoms with Crippen molar-refractivity contribution in [2.24, 2.45) is 0 Å². The Balaban J connectivity index is 3.13. The van der Waals surface area contributed by atoms with Gasteiger partial charge in [0, 0.05) is 6.54 Å². The minimum atomic E-state index is -0.0367. The summed E-state index contributed by atoms with van der Waals surface area (Å²) in [5.41, 5.74) is 0. The fourth-order valence-electron chi connectivity index (χ4n) is 4.96. The third-order valence-electron chi connectivity index (χ3n) is 7.47. The van der Waals surface area contributed by atoms with Gasteiger partial charge in [0.1, 0.15) is 0 Å². The van der Waals surface area contributed by atoms with E-state index in [1.807, 2.05) is 0 Å². The quantitative estimate of drug-likeness (QED) is 0.0745. The minimum Gasteiger partial charge on any atom is -0.466 e. The van der Waals surface area contributed by atoms with Gasteiger partial charge in [0.15, 0.2) is 0 Å². The lowest BCUT2D eigenvalue weighted by molar-refractivity contribution is -0.143. The molecular formula is C33H67NO2. The third-order valence-corrected chi connectivity index (χ3v) is 7.47. The van der Waals surface area contributed by atoms with Crippen LogP contribution in [0.4, 0.5) is 0 Å². The Hall–Kier alpha value is -0.570. The molecule has 36 heavy (non-hydrogen) atoms. The number of unbranched alkanes of at least 4 members (excludes halogenated alkanes) is 24. The topological polar surface area (TPSA) is 38.3 Å². The van der Waals surface area contributed by atoms with Crippen molar-refractivity contribution in [3.8, 4) is 0 Å². The second kappa shape index (κ2) is 32.5. The van der Waals surface area contributed by atoms with Gasteiger partial charge in [-0.2, -0.15) is 0 Å². The maximum atomic E-state index is 11.8. The van der Waals surface area contributed by atoms with E-state index in [0.717, 1.165) is 19.5 Å². The van der Waals surface area contributed by atoms with Crippen molar-refractivity contribution < 1.29 is 9.53 Å². The molecule has 0 rings (SSSR count). The smallest absolute Gasteiger partial charge is 0.307 e. The molecule has 0 atom stereocenters. The van der Waals surface area contributed by atoms with Crippen molar-refractivity contribution in [3.63, 3.8) is 0 Å². The number of carbonyl (C=O) groups is 1. The molecule has 0 aromatic rings. The van der Waals surface area contributed by atoms with Crippen LogP contribution in [0.15, 0.2) is 0 Å². The largest absolute Gasteiger partial charge is 0.466 e. The first kappa shape index (κ1) is 35.4. The van der Waals surface area contributed by atoms with Crippen LogP contribution in [0.5, 0.6) is 0 Å². The first-order valence-electron chi connectivity index (χ1n) is 16.7. The van der Waals surface area contributed by atoms with E-state index in [0.29, 0.717) is 13.0 Å². The van der Waals surface area contributed by atoms with E-state index in [9.17, 15) is 4.79 Å². The van der Waals surface area contributed by atoms with Crippen molar-refractivity contribution in [2.75, 3.05) is 19.7 Å². The lowest BCUT2D eigenvalue weighted by Gasteiger charge is -2.07. The van der Waals surface area contributed by atoms with E-state index in [4.69, 9.17) is 4.74 Å². The van der Waals surface area contributed by atoms with Gasteiger partial charge in [-0.25, -0.2) is 0 Å². The van der Waals surface area contributed by atoms with Gasteiger partial charge in [0.25, 0.3) is 0 Å². The molecule has 0 aromatic carbocycles. The molecule has 0 radical (unpaired) electrons. The van der Waals surface area contributed by atoms with Crippen LogP contribution >= 0.6 is 0 Å². The predicted molar refractivity (Wildman–Crippen MR) is 160 cm³/mol. The summed E-state index contributed by atoms with van der Waals surface area (Å²) >= 11 is 0. The van der Waals surface area contributed by atoms with Gasteiger partial charge < -0.3 is 10.1 Å². The van der Waals surface area contributed by atoms with E-state index in [2.05, 4.69) is 19.2 Å². The van der Waals surface area contributed by atoms with Crippen LogP contribution in [-0.4, -0.2) is 25.7 Å². The zero-order chi connectivity index (χ0) is 26.2. The van der Waals surface area contributed by atoms with E-state index in [1.54, 1.807) is 0 Å². The first-order chi connectivity index (χ1) is 17.8. The van der Waals surface area contributed by atoms with Gasteiger partial charge >= 0.3 is 5.97 Å². The van der Waals surface area contributed by atoms with Crippen molar-refractivity contribution in [1.29, 1.82) is 0 Å². The Labute approximate surface area is 227 Å². The van der Waals surface area contributed by atoms with Gasteiger partial charge in [-0.3, -0.25) is 4.79 Å². The van der Waals surface area contributed by atoms with Crippen LogP contribution in [0.25, 0.3) is 0 Å². The number of hydrogen-bond acceptors (Lipinski definition) is 3. The Bertz CT molecular complexity index is 412. The summed E-state index contributed by atoms with van der Waals surface area (Å²) in [5, 5.41) is 3.41. The first-order valence-corrected chi connectivity index (χ1v) is 16.7. The van der Waals surface area contributed by atoms with Crippen LogP contribution in [0.1, 0.15) is 187 Å². The molecule has 0 bridgehead atoms. The van der Waals surface area contributed by atoms with Gasteiger partial charge in [0.05, 0.1) is 13.0 Å². The molecule has 0 heterocycles. The zero-order valence-corrected chi connectivity index (χ0v) is 25.0. The summed E-state index contributed by atoms with van der Waals surface area (Å²) in [6.45, 7) is 6.96. The Morgan fingerprint density at radius 1 is 0.444 bits per heavy atom. The number of hydrogen-bond donors (Lipinski definition) is 1. The molecule has 0 aromatic heterocycles. The van der Waals surface area contributed by atoms with Crippen molar-refractivity contribution in [3.05, 3.63) is 0 Å². The van der Waals surface area contributed by atoms with Gasteiger partial charge in [0.2, 0.25) is 0 Å². The van der Waals surface area contributed by atoms with Crippen LogP contribution < -0.4 is 5.32 Å².